The Morgan fingerprint density at radius 2 is 2.10 bits per heavy atom. The van der Waals surface area contributed by atoms with Gasteiger partial charge in [0, 0.05) is 30.7 Å². The smallest absolute Gasteiger partial charge is 0.129 e. The van der Waals surface area contributed by atoms with Crippen molar-refractivity contribution >= 4 is 17.2 Å². The Hall–Kier alpha value is -1.39. The van der Waals surface area contributed by atoms with Gasteiger partial charge in [0.1, 0.15) is 5.82 Å². The Morgan fingerprint density at radius 1 is 1.30 bits per heavy atom. The zero-order valence-corrected chi connectivity index (χ0v) is 13.4. The van der Waals surface area contributed by atoms with Crippen LogP contribution in [0.15, 0.2) is 35.8 Å². The van der Waals surface area contributed by atoms with Crippen LogP contribution < -0.4 is 10.2 Å². The Kier molecular flexibility index (Phi) is 5.15. The summed E-state index contributed by atoms with van der Waals surface area (Å²) in [6.07, 6.45) is 1.89. The number of anilines is 1. The van der Waals surface area contributed by atoms with Gasteiger partial charge in [-0.25, -0.2) is 4.98 Å². The average molecular weight is 289 g/mol. The zero-order chi connectivity index (χ0) is 14.5. The summed E-state index contributed by atoms with van der Waals surface area (Å²) in [5.74, 6) is 1.02. The summed E-state index contributed by atoms with van der Waals surface area (Å²) in [4.78, 5) is 8.09. The number of aromatic nitrogens is 1. The zero-order valence-electron chi connectivity index (χ0n) is 12.6. The Bertz CT molecular complexity index is 522. The van der Waals surface area contributed by atoms with E-state index in [2.05, 4.69) is 72.7 Å². The van der Waals surface area contributed by atoms with E-state index in [1.807, 2.05) is 6.20 Å². The van der Waals surface area contributed by atoms with Crippen LogP contribution in [0, 0.1) is 0 Å². The van der Waals surface area contributed by atoms with Gasteiger partial charge < -0.3 is 10.2 Å². The summed E-state index contributed by atoms with van der Waals surface area (Å²) < 4.78 is 0. The molecular formula is C16H23N3S. The first-order valence-corrected chi connectivity index (χ1v) is 7.90. The van der Waals surface area contributed by atoms with Gasteiger partial charge in [-0.15, -0.1) is 11.3 Å². The molecule has 0 aliphatic carbocycles. The monoisotopic (exact) mass is 289 g/mol. The van der Waals surface area contributed by atoms with E-state index in [4.69, 9.17) is 0 Å². The molecule has 2 aromatic rings. The standard InChI is InChI=1S/C16H23N3S/c1-12(2)18-11-14-7-8-17-16(10-14)19(4)13(3)15-6-5-9-20-15/h5-10,12-13,18H,11H2,1-4H3. The molecule has 1 atom stereocenters. The lowest BCUT2D eigenvalue weighted by Crippen LogP contribution is -2.24. The number of nitrogens with one attached hydrogen (secondary N) is 1. The lowest BCUT2D eigenvalue weighted by Gasteiger charge is -2.25. The maximum absolute atomic E-state index is 4.50. The summed E-state index contributed by atoms with van der Waals surface area (Å²) in [5.41, 5.74) is 1.27. The van der Waals surface area contributed by atoms with Crippen molar-refractivity contribution in [1.29, 1.82) is 0 Å². The van der Waals surface area contributed by atoms with Crippen molar-refractivity contribution in [3.05, 3.63) is 46.3 Å². The van der Waals surface area contributed by atoms with Crippen molar-refractivity contribution in [2.45, 2.75) is 39.4 Å². The highest BCUT2D eigenvalue weighted by Crippen LogP contribution is 2.27. The third-order valence-electron chi connectivity index (χ3n) is 3.42. The third-order valence-corrected chi connectivity index (χ3v) is 4.46. The summed E-state index contributed by atoms with van der Waals surface area (Å²) in [7, 11) is 2.10. The number of nitrogens with zero attached hydrogens (tertiary/aromatic N) is 2. The summed E-state index contributed by atoms with van der Waals surface area (Å²) in [6, 6.07) is 9.35. The molecule has 2 aromatic heterocycles. The van der Waals surface area contributed by atoms with Gasteiger partial charge in [0.15, 0.2) is 0 Å². The van der Waals surface area contributed by atoms with Crippen molar-refractivity contribution in [3.63, 3.8) is 0 Å². The van der Waals surface area contributed by atoms with Crippen molar-refractivity contribution in [2.24, 2.45) is 0 Å². The van der Waals surface area contributed by atoms with Crippen molar-refractivity contribution in [2.75, 3.05) is 11.9 Å². The fraction of sp³-hybridized carbons (Fsp3) is 0.438. The molecule has 0 amide bonds. The quantitative estimate of drug-likeness (QED) is 0.876. The molecule has 0 spiro atoms. The van der Waals surface area contributed by atoms with Crippen LogP contribution in [-0.4, -0.2) is 18.1 Å². The van der Waals surface area contributed by atoms with Crippen LogP contribution in [0.4, 0.5) is 5.82 Å². The lowest BCUT2D eigenvalue weighted by molar-refractivity contribution is 0.588. The van der Waals surface area contributed by atoms with Gasteiger partial charge in [-0.1, -0.05) is 19.9 Å². The number of thiophene rings is 1. The van der Waals surface area contributed by atoms with E-state index >= 15 is 0 Å². The molecule has 1 unspecified atom stereocenters. The number of pyridine rings is 1. The van der Waals surface area contributed by atoms with Gasteiger partial charge in [0.05, 0.1) is 6.04 Å². The Labute approximate surface area is 125 Å². The highest BCUT2D eigenvalue weighted by molar-refractivity contribution is 7.10. The SMILES string of the molecule is CC(C)NCc1ccnc(N(C)C(C)c2cccs2)c1. The van der Waals surface area contributed by atoms with E-state index in [9.17, 15) is 0 Å². The summed E-state index contributed by atoms with van der Waals surface area (Å²) in [6.45, 7) is 7.42. The molecule has 108 valence electrons. The molecule has 0 aliphatic heterocycles. The second-order valence-corrected chi connectivity index (χ2v) is 6.34. The van der Waals surface area contributed by atoms with E-state index in [1.54, 1.807) is 11.3 Å². The molecule has 2 rings (SSSR count). The number of hydrogen-bond donors (Lipinski definition) is 1. The molecule has 0 aromatic carbocycles. The molecule has 3 nitrogen and oxygen atoms in total. The molecule has 0 fully saturated rings. The first-order chi connectivity index (χ1) is 9.58. The molecule has 0 saturated heterocycles. The van der Waals surface area contributed by atoms with Crippen LogP contribution in [-0.2, 0) is 6.54 Å². The number of hydrogen-bond acceptors (Lipinski definition) is 4. The Balaban J connectivity index is 2.09. The van der Waals surface area contributed by atoms with Gasteiger partial charge >= 0.3 is 0 Å². The minimum absolute atomic E-state index is 0.343. The molecule has 2 heterocycles. The topological polar surface area (TPSA) is 28.2 Å². The van der Waals surface area contributed by atoms with E-state index < -0.39 is 0 Å². The molecule has 0 bridgehead atoms. The molecule has 0 radical (unpaired) electrons. The van der Waals surface area contributed by atoms with Gasteiger partial charge in [0.2, 0.25) is 0 Å². The van der Waals surface area contributed by atoms with Crippen LogP contribution in [0.3, 0.4) is 0 Å². The predicted octanol–water partition coefficient (Wildman–Crippen LogP) is 3.84. The van der Waals surface area contributed by atoms with E-state index in [0.717, 1.165) is 12.4 Å². The average Bonchev–Trinajstić information content (AvgIpc) is 2.98. The number of rotatable bonds is 6. The lowest BCUT2D eigenvalue weighted by atomic mass is 10.2. The fourth-order valence-corrected chi connectivity index (χ4v) is 2.83. The van der Waals surface area contributed by atoms with Gasteiger partial charge in [-0.3, -0.25) is 0 Å². The van der Waals surface area contributed by atoms with Gasteiger partial charge in [0.25, 0.3) is 0 Å². The van der Waals surface area contributed by atoms with Crippen LogP contribution in [0.25, 0.3) is 0 Å². The molecule has 1 N–H and O–H groups in total. The van der Waals surface area contributed by atoms with E-state index in [1.165, 1.54) is 10.4 Å². The molecule has 0 aliphatic rings. The van der Waals surface area contributed by atoms with Crippen molar-refractivity contribution in [1.82, 2.24) is 10.3 Å². The van der Waals surface area contributed by atoms with Gasteiger partial charge in [-0.05, 0) is 36.1 Å². The maximum atomic E-state index is 4.50. The minimum atomic E-state index is 0.343. The van der Waals surface area contributed by atoms with Crippen molar-refractivity contribution < 1.29 is 0 Å². The van der Waals surface area contributed by atoms with Crippen LogP contribution in [0.2, 0.25) is 0 Å². The normalized spacial score (nSPS) is 12.7. The first-order valence-electron chi connectivity index (χ1n) is 7.02. The molecular weight excluding hydrogens is 266 g/mol. The maximum Gasteiger partial charge on any atom is 0.129 e. The second-order valence-electron chi connectivity index (χ2n) is 5.36. The van der Waals surface area contributed by atoms with Crippen LogP contribution in [0.1, 0.15) is 37.3 Å². The van der Waals surface area contributed by atoms with E-state index in [0.29, 0.717) is 12.1 Å². The Morgan fingerprint density at radius 3 is 2.75 bits per heavy atom. The molecule has 0 saturated carbocycles. The van der Waals surface area contributed by atoms with Gasteiger partial charge in [-0.2, -0.15) is 0 Å². The highest BCUT2D eigenvalue weighted by Gasteiger charge is 2.14. The van der Waals surface area contributed by atoms with E-state index in [-0.39, 0.29) is 0 Å². The predicted molar refractivity (Wildman–Crippen MR) is 87.3 cm³/mol. The largest absolute Gasteiger partial charge is 0.352 e. The van der Waals surface area contributed by atoms with Crippen LogP contribution >= 0.6 is 11.3 Å². The minimum Gasteiger partial charge on any atom is -0.352 e. The fourth-order valence-electron chi connectivity index (χ4n) is 2.00. The summed E-state index contributed by atoms with van der Waals surface area (Å²) >= 11 is 1.79. The summed E-state index contributed by atoms with van der Waals surface area (Å²) in [5, 5.41) is 5.56. The first kappa shape index (κ1) is 15.0. The third kappa shape index (κ3) is 3.81. The highest BCUT2D eigenvalue weighted by atomic mass is 32.1. The second kappa shape index (κ2) is 6.86. The molecule has 20 heavy (non-hydrogen) atoms. The van der Waals surface area contributed by atoms with Crippen molar-refractivity contribution in [3.8, 4) is 0 Å². The van der Waals surface area contributed by atoms with Crippen LogP contribution in [0.5, 0.6) is 0 Å². The molecule has 4 heteroatoms.